The van der Waals surface area contributed by atoms with Gasteiger partial charge in [-0.25, -0.2) is 0 Å². The Labute approximate surface area is 50.2 Å². The molecule has 0 heterocycles. The molecule has 0 amide bonds. The van der Waals surface area contributed by atoms with E-state index in [4.69, 9.17) is 10.2 Å². The maximum absolute atomic E-state index is 8.50. The molecule has 1 radical (unpaired) electrons. The SMILES string of the molecule is C[C](CO)[C@@H](C)CO. The molecule has 0 aromatic carbocycles. The smallest absolute Gasteiger partial charge is 0.0494 e. The first kappa shape index (κ1) is 7.92. The fourth-order valence-corrected chi connectivity index (χ4v) is 0.312. The number of aliphatic hydroxyl groups excluding tert-OH is 2. The number of rotatable bonds is 3. The van der Waals surface area contributed by atoms with Crippen LogP contribution < -0.4 is 0 Å². The lowest BCUT2D eigenvalue weighted by atomic mass is 9.98. The van der Waals surface area contributed by atoms with E-state index >= 15 is 0 Å². The van der Waals surface area contributed by atoms with Gasteiger partial charge >= 0.3 is 0 Å². The first-order chi connectivity index (χ1) is 3.72. The van der Waals surface area contributed by atoms with E-state index in [2.05, 4.69) is 0 Å². The zero-order chi connectivity index (χ0) is 6.57. The second kappa shape index (κ2) is 3.87. The van der Waals surface area contributed by atoms with Gasteiger partial charge in [-0.3, -0.25) is 0 Å². The molecule has 1 atom stereocenters. The van der Waals surface area contributed by atoms with Crippen LogP contribution in [0.5, 0.6) is 0 Å². The lowest BCUT2D eigenvalue weighted by Crippen LogP contribution is -2.13. The predicted octanol–water partition coefficient (Wildman–Crippen LogP) is 0.201. The highest BCUT2D eigenvalue weighted by Crippen LogP contribution is 2.09. The molecular weight excluding hydrogens is 104 g/mol. The summed E-state index contributed by atoms with van der Waals surface area (Å²) in [5.41, 5.74) is 0. The van der Waals surface area contributed by atoms with Crippen LogP contribution in [0.2, 0.25) is 0 Å². The van der Waals surface area contributed by atoms with Crippen molar-refractivity contribution in [3.63, 3.8) is 0 Å². The molecule has 2 nitrogen and oxygen atoms in total. The van der Waals surface area contributed by atoms with Crippen LogP contribution in [0.1, 0.15) is 13.8 Å². The van der Waals surface area contributed by atoms with Crippen molar-refractivity contribution >= 4 is 0 Å². The minimum absolute atomic E-state index is 0.0850. The van der Waals surface area contributed by atoms with Gasteiger partial charge in [0.1, 0.15) is 0 Å². The van der Waals surface area contributed by atoms with Crippen molar-refractivity contribution in [1.29, 1.82) is 0 Å². The minimum Gasteiger partial charge on any atom is -0.396 e. The Bertz CT molecular complexity index is 46.5. The molecule has 0 aliphatic carbocycles. The largest absolute Gasteiger partial charge is 0.396 e. The van der Waals surface area contributed by atoms with Gasteiger partial charge in [0, 0.05) is 19.1 Å². The van der Waals surface area contributed by atoms with E-state index in [1.807, 2.05) is 13.8 Å². The highest BCUT2D eigenvalue weighted by molar-refractivity contribution is 4.88. The van der Waals surface area contributed by atoms with E-state index in [0.29, 0.717) is 0 Å². The number of aliphatic hydroxyl groups is 2. The number of hydrogen-bond donors (Lipinski definition) is 2. The first-order valence-corrected chi connectivity index (χ1v) is 2.76. The van der Waals surface area contributed by atoms with Crippen LogP contribution in [-0.4, -0.2) is 23.4 Å². The Morgan fingerprint density at radius 2 is 2.00 bits per heavy atom. The molecule has 0 unspecified atom stereocenters. The van der Waals surface area contributed by atoms with Crippen LogP contribution in [0.3, 0.4) is 0 Å². The third-order valence-corrected chi connectivity index (χ3v) is 1.36. The monoisotopic (exact) mass is 117 g/mol. The molecule has 0 saturated heterocycles. The second-order valence-electron chi connectivity index (χ2n) is 2.09. The maximum atomic E-state index is 8.50. The minimum atomic E-state index is 0.0850. The van der Waals surface area contributed by atoms with Crippen LogP contribution in [-0.2, 0) is 0 Å². The van der Waals surface area contributed by atoms with Crippen LogP contribution in [0.4, 0.5) is 0 Å². The van der Waals surface area contributed by atoms with Crippen molar-refractivity contribution in [3.05, 3.63) is 5.92 Å². The molecule has 2 heteroatoms. The normalized spacial score (nSPS) is 14.6. The van der Waals surface area contributed by atoms with Crippen LogP contribution in [0, 0.1) is 11.8 Å². The van der Waals surface area contributed by atoms with Gasteiger partial charge in [-0.1, -0.05) is 13.8 Å². The van der Waals surface area contributed by atoms with Crippen molar-refractivity contribution in [2.45, 2.75) is 13.8 Å². The summed E-state index contributed by atoms with van der Waals surface area (Å²) in [6.07, 6.45) is 0. The molecule has 0 rings (SSSR count). The van der Waals surface area contributed by atoms with Gasteiger partial charge in [0.05, 0.1) is 0 Å². The topological polar surface area (TPSA) is 40.5 Å². The summed E-state index contributed by atoms with van der Waals surface area (Å²) < 4.78 is 0. The van der Waals surface area contributed by atoms with Crippen molar-refractivity contribution in [1.82, 2.24) is 0 Å². The van der Waals surface area contributed by atoms with Crippen molar-refractivity contribution in [3.8, 4) is 0 Å². The summed E-state index contributed by atoms with van der Waals surface area (Å²) in [7, 11) is 0. The predicted molar refractivity (Wildman–Crippen MR) is 32.3 cm³/mol. The molecule has 49 valence electrons. The third kappa shape index (κ3) is 2.28. The molecular formula is C6H13O2. The molecule has 0 spiro atoms. The zero-order valence-corrected chi connectivity index (χ0v) is 5.39. The van der Waals surface area contributed by atoms with Gasteiger partial charge in [-0.15, -0.1) is 0 Å². The summed E-state index contributed by atoms with van der Waals surface area (Å²) in [5, 5.41) is 17.0. The van der Waals surface area contributed by atoms with Crippen molar-refractivity contribution in [2.75, 3.05) is 13.2 Å². The number of hydrogen-bond acceptors (Lipinski definition) is 2. The molecule has 2 N–H and O–H groups in total. The Kier molecular flexibility index (Phi) is 3.83. The molecule has 0 saturated carbocycles. The quantitative estimate of drug-likeness (QED) is 0.554. The lowest BCUT2D eigenvalue weighted by Gasteiger charge is -2.12. The summed E-state index contributed by atoms with van der Waals surface area (Å²) in [6, 6.07) is 0. The van der Waals surface area contributed by atoms with E-state index in [1.165, 1.54) is 0 Å². The highest BCUT2D eigenvalue weighted by atomic mass is 16.3. The molecule has 0 fully saturated rings. The lowest BCUT2D eigenvalue weighted by molar-refractivity contribution is 0.214. The van der Waals surface area contributed by atoms with Crippen molar-refractivity contribution in [2.24, 2.45) is 5.92 Å². The fourth-order valence-electron chi connectivity index (χ4n) is 0.312. The van der Waals surface area contributed by atoms with E-state index in [1.54, 1.807) is 0 Å². The summed E-state index contributed by atoms with van der Waals surface area (Å²) in [5.74, 6) is 1.08. The van der Waals surface area contributed by atoms with Gasteiger partial charge in [-0.05, 0) is 5.92 Å². The molecule has 0 aliphatic heterocycles. The summed E-state index contributed by atoms with van der Waals surface area (Å²) >= 11 is 0. The molecule has 8 heavy (non-hydrogen) atoms. The Morgan fingerprint density at radius 1 is 1.50 bits per heavy atom. The van der Waals surface area contributed by atoms with E-state index in [-0.39, 0.29) is 19.1 Å². The Balaban J connectivity index is 3.29. The van der Waals surface area contributed by atoms with Crippen molar-refractivity contribution < 1.29 is 10.2 Å². The van der Waals surface area contributed by atoms with Gasteiger partial charge in [0.25, 0.3) is 0 Å². The Hall–Kier alpha value is -0.0800. The molecule has 0 bridgehead atoms. The summed E-state index contributed by atoms with van der Waals surface area (Å²) in [4.78, 5) is 0. The third-order valence-electron chi connectivity index (χ3n) is 1.36. The van der Waals surface area contributed by atoms with Gasteiger partial charge < -0.3 is 10.2 Å². The van der Waals surface area contributed by atoms with Crippen LogP contribution in [0.15, 0.2) is 0 Å². The highest BCUT2D eigenvalue weighted by Gasteiger charge is 2.08. The van der Waals surface area contributed by atoms with E-state index in [9.17, 15) is 0 Å². The van der Waals surface area contributed by atoms with Crippen LogP contribution in [0.25, 0.3) is 0 Å². The maximum Gasteiger partial charge on any atom is 0.0494 e. The molecule has 0 aromatic heterocycles. The summed E-state index contributed by atoms with van der Waals surface area (Å²) in [6.45, 7) is 3.93. The second-order valence-corrected chi connectivity index (χ2v) is 2.09. The van der Waals surface area contributed by atoms with E-state index in [0.717, 1.165) is 5.92 Å². The molecule has 0 aromatic rings. The van der Waals surface area contributed by atoms with Crippen LogP contribution >= 0.6 is 0 Å². The van der Waals surface area contributed by atoms with Gasteiger partial charge in [0.15, 0.2) is 0 Å². The standard InChI is InChI=1S/C6H13O2/c1-5(3-7)6(2)4-8/h5,7-8H,3-4H2,1-2H3/t5-/m0/s1. The van der Waals surface area contributed by atoms with Gasteiger partial charge in [-0.2, -0.15) is 0 Å². The average molecular weight is 117 g/mol. The zero-order valence-electron chi connectivity index (χ0n) is 5.39. The van der Waals surface area contributed by atoms with E-state index < -0.39 is 0 Å². The Morgan fingerprint density at radius 3 is 2.12 bits per heavy atom. The van der Waals surface area contributed by atoms with Gasteiger partial charge in [0.2, 0.25) is 0 Å². The first-order valence-electron chi connectivity index (χ1n) is 2.76. The average Bonchev–Trinajstić information content (AvgIpc) is 1.84. The molecule has 0 aliphatic rings. The fraction of sp³-hybridized carbons (Fsp3) is 0.833.